The predicted molar refractivity (Wildman–Crippen MR) is 88.3 cm³/mol. The third kappa shape index (κ3) is 4.47. The molecule has 21 heavy (non-hydrogen) atoms. The number of benzene rings is 1. The molecule has 0 saturated heterocycles. The molecule has 0 unspecified atom stereocenters. The Labute approximate surface area is 129 Å². The summed E-state index contributed by atoms with van der Waals surface area (Å²) in [5, 5.41) is 2.89. The summed E-state index contributed by atoms with van der Waals surface area (Å²) < 4.78 is 2.11. The van der Waals surface area contributed by atoms with Crippen LogP contribution in [0, 0.1) is 0 Å². The van der Waals surface area contributed by atoms with E-state index in [4.69, 9.17) is 5.73 Å². The SMILES string of the molecule is CSCC[C@@H](N)C(=O)NCCCn1cnc2ccccc21. The molecule has 1 atom stereocenters. The lowest BCUT2D eigenvalue weighted by Crippen LogP contribution is -2.41. The Hall–Kier alpha value is -1.53. The maximum absolute atomic E-state index is 11.8. The Balaban J connectivity index is 1.73. The van der Waals surface area contributed by atoms with Crippen molar-refractivity contribution in [1.29, 1.82) is 0 Å². The summed E-state index contributed by atoms with van der Waals surface area (Å²) in [6.07, 6.45) is 5.44. The van der Waals surface area contributed by atoms with Crippen LogP contribution in [0.25, 0.3) is 11.0 Å². The highest BCUT2D eigenvalue weighted by Crippen LogP contribution is 2.11. The average molecular weight is 306 g/mol. The van der Waals surface area contributed by atoms with E-state index in [1.807, 2.05) is 30.8 Å². The quantitative estimate of drug-likeness (QED) is 0.727. The maximum Gasteiger partial charge on any atom is 0.236 e. The van der Waals surface area contributed by atoms with Crippen molar-refractivity contribution < 1.29 is 4.79 Å². The molecule has 0 aliphatic rings. The van der Waals surface area contributed by atoms with Crippen molar-refractivity contribution in [2.75, 3.05) is 18.6 Å². The van der Waals surface area contributed by atoms with Crippen LogP contribution in [0.4, 0.5) is 0 Å². The number of carbonyl (C=O) groups is 1. The first-order chi connectivity index (χ1) is 10.2. The van der Waals surface area contributed by atoms with Crippen molar-refractivity contribution in [2.45, 2.75) is 25.4 Å². The molecule has 0 fully saturated rings. The first-order valence-electron chi connectivity index (χ1n) is 7.14. The minimum atomic E-state index is -0.397. The highest BCUT2D eigenvalue weighted by Gasteiger charge is 2.11. The van der Waals surface area contributed by atoms with E-state index in [0.29, 0.717) is 6.54 Å². The van der Waals surface area contributed by atoms with Crippen molar-refractivity contribution >= 4 is 28.7 Å². The first-order valence-corrected chi connectivity index (χ1v) is 8.54. The Morgan fingerprint density at radius 1 is 1.48 bits per heavy atom. The summed E-state index contributed by atoms with van der Waals surface area (Å²) in [4.78, 5) is 16.1. The van der Waals surface area contributed by atoms with Crippen LogP contribution in [-0.4, -0.2) is 40.1 Å². The number of amides is 1. The third-order valence-corrected chi connectivity index (χ3v) is 4.02. The summed E-state index contributed by atoms with van der Waals surface area (Å²) in [5.74, 6) is 0.856. The van der Waals surface area contributed by atoms with Gasteiger partial charge >= 0.3 is 0 Å². The van der Waals surface area contributed by atoms with Gasteiger partial charge in [-0.1, -0.05) is 12.1 Å². The summed E-state index contributed by atoms with van der Waals surface area (Å²) in [5.41, 5.74) is 7.94. The van der Waals surface area contributed by atoms with Crippen LogP contribution >= 0.6 is 11.8 Å². The second kappa shape index (κ2) is 8.05. The standard InChI is InChI=1S/C15H22N4OS/c1-21-10-7-12(16)15(20)17-8-4-9-19-11-18-13-5-2-3-6-14(13)19/h2-3,5-6,11-12H,4,7-10,16H2,1H3,(H,17,20)/t12-/m1/s1. The van der Waals surface area contributed by atoms with E-state index in [0.717, 1.165) is 36.2 Å². The van der Waals surface area contributed by atoms with Gasteiger partial charge in [0.2, 0.25) is 5.91 Å². The van der Waals surface area contributed by atoms with Crippen LogP contribution in [0.2, 0.25) is 0 Å². The zero-order valence-corrected chi connectivity index (χ0v) is 13.1. The van der Waals surface area contributed by atoms with Crippen molar-refractivity contribution in [3.8, 4) is 0 Å². The molecule has 3 N–H and O–H groups in total. The lowest BCUT2D eigenvalue weighted by Gasteiger charge is -2.11. The van der Waals surface area contributed by atoms with E-state index in [9.17, 15) is 4.79 Å². The monoisotopic (exact) mass is 306 g/mol. The highest BCUT2D eigenvalue weighted by molar-refractivity contribution is 7.98. The summed E-state index contributed by atoms with van der Waals surface area (Å²) in [6, 6.07) is 7.65. The molecular weight excluding hydrogens is 284 g/mol. The number of nitrogens with two attached hydrogens (primary N) is 1. The Kier molecular flexibility index (Phi) is 6.07. The van der Waals surface area contributed by atoms with Gasteiger partial charge < -0.3 is 15.6 Å². The molecule has 0 aliphatic carbocycles. The van der Waals surface area contributed by atoms with Crippen LogP contribution in [0.1, 0.15) is 12.8 Å². The van der Waals surface area contributed by atoms with Crippen molar-refractivity contribution in [3.63, 3.8) is 0 Å². The Morgan fingerprint density at radius 3 is 3.10 bits per heavy atom. The smallest absolute Gasteiger partial charge is 0.236 e. The second-order valence-corrected chi connectivity index (χ2v) is 5.94. The fourth-order valence-corrected chi connectivity index (χ4v) is 2.65. The van der Waals surface area contributed by atoms with Gasteiger partial charge in [-0.15, -0.1) is 0 Å². The van der Waals surface area contributed by atoms with Gasteiger partial charge in [-0.3, -0.25) is 4.79 Å². The first kappa shape index (κ1) is 15.9. The minimum absolute atomic E-state index is 0.0560. The number of hydrogen-bond acceptors (Lipinski definition) is 4. The Bertz CT molecular complexity index is 584. The maximum atomic E-state index is 11.8. The number of nitrogens with one attached hydrogen (secondary N) is 1. The largest absolute Gasteiger partial charge is 0.355 e. The number of para-hydroxylation sites is 2. The molecule has 0 spiro atoms. The molecule has 1 heterocycles. The molecule has 2 rings (SSSR count). The number of carbonyl (C=O) groups excluding carboxylic acids is 1. The zero-order chi connectivity index (χ0) is 15.1. The van der Waals surface area contributed by atoms with Gasteiger partial charge in [0, 0.05) is 13.1 Å². The number of fused-ring (bicyclic) bond motifs is 1. The van der Waals surface area contributed by atoms with Crippen molar-refractivity contribution in [2.24, 2.45) is 5.73 Å². The molecule has 6 heteroatoms. The molecule has 0 radical (unpaired) electrons. The van der Waals surface area contributed by atoms with E-state index < -0.39 is 6.04 Å². The van der Waals surface area contributed by atoms with Crippen LogP contribution in [-0.2, 0) is 11.3 Å². The zero-order valence-electron chi connectivity index (χ0n) is 12.3. The van der Waals surface area contributed by atoms with Crippen molar-refractivity contribution in [3.05, 3.63) is 30.6 Å². The molecule has 1 amide bonds. The molecule has 2 aromatic rings. The molecule has 1 aromatic heterocycles. The fourth-order valence-electron chi connectivity index (χ4n) is 2.16. The van der Waals surface area contributed by atoms with Gasteiger partial charge in [0.1, 0.15) is 0 Å². The molecule has 1 aromatic carbocycles. The van der Waals surface area contributed by atoms with Crippen LogP contribution < -0.4 is 11.1 Å². The fraction of sp³-hybridized carbons (Fsp3) is 0.467. The number of hydrogen-bond donors (Lipinski definition) is 2. The lowest BCUT2D eigenvalue weighted by molar-refractivity contribution is -0.122. The average Bonchev–Trinajstić information content (AvgIpc) is 2.92. The van der Waals surface area contributed by atoms with Crippen molar-refractivity contribution in [1.82, 2.24) is 14.9 Å². The van der Waals surface area contributed by atoms with Gasteiger partial charge in [0.15, 0.2) is 0 Å². The van der Waals surface area contributed by atoms with Gasteiger partial charge in [-0.05, 0) is 37.0 Å². The number of nitrogens with zero attached hydrogens (tertiary/aromatic N) is 2. The molecule has 5 nitrogen and oxygen atoms in total. The number of aryl methyl sites for hydroxylation is 1. The van der Waals surface area contributed by atoms with Gasteiger partial charge in [-0.25, -0.2) is 4.98 Å². The summed E-state index contributed by atoms with van der Waals surface area (Å²) >= 11 is 1.70. The van der Waals surface area contributed by atoms with Gasteiger partial charge in [0.05, 0.1) is 23.4 Å². The molecule has 0 aliphatic heterocycles. The van der Waals surface area contributed by atoms with Gasteiger partial charge in [-0.2, -0.15) is 11.8 Å². The Morgan fingerprint density at radius 2 is 2.29 bits per heavy atom. The van der Waals surface area contributed by atoms with Crippen LogP contribution in [0.5, 0.6) is 0 Å². The van der Waals surface area contributed by atoms with E-state index in [-0.39, 0.29) is 5.91 Å². The predicted octanol–water partition coefficient (Wildman–Crippen LogP) is 1.62. The summed E-state index contributed by atoms with van der Waals surface area (Å²) in [6.45, 7) is 1.47. The van der Waals surface area contributed by atoms with E-state index in [2.05, 4.69) is 20.9 Å². The van der Waals surface area contributed by atoms with E-state index in [1.54, 1.807) is 11.8 Å². The lowest BCUT2D eigenvalue weighted by atomic mass is 10.2. The van der Waals surface area contributed by atoms with E-state index >= 15 is 0 Å². The highest BCUT2D eigenvalue weighted by atomic mass is 32.2. The normalized spacial score (nSPS) is 12.5. The molecule has 114 valence electrons. The number of aromatic nitrogens is 2. The van der Waals surface area contributed by atoms with Crippen LogP contribution in [0.15, 0.2) is 30.6 Å². The van der Waals surface area contributed by atoms with E-state index in [1.165, 1.54) is 0 Å². The molecule has 0 saturated carbocycles. The topological polar surface area (TPSA) is 72.9 Å². The number of imidazole rings is 1. The number of rotatable bonds is 8. The molecule has 0 bridgehead atoms. The van der Waals surface area contributed by atoms with Crippen LogP contribution in [0.3, 0.4) is 0 Å². The third-order valence-electron chi connectivity index (χ3n) is 3.37. The van der Waals surface area contributed by atoms with Gasteiger partial charge in [0.25, 0.3) is 0 Å². The summed E-state index contributed by atoms with van der Waals surface area (Å²) in [7, 11) is 0. The molecular formula is C15H22N4OS. The number of thioether (sulfide) groups is 1. The second-order valence-electron chi connectivity index (χ2n) is 4.96. The minimum Gasteiger partial charge on any atom is -0.355 e.